The van der Waals surface area contributed by atoms with Gasteiger partial charge >= 0.3 is 5.97 Å². The van der Waals surface area contributed by atoms with Crippen LogP contribution in [0.5, 0.6) is 0 Å². The van der Waals surface area contributed by atoms with Crippen LogP contribution in [-0.2, 0) is 15.0 Å². The van der Waals surface area contributed by atoms with Crippen molar-refractivity contribution in [3.63, 3.8) is 0 Å². The van der Waals surface area contributed by atoms with Crippen molar-refractivity contribution < 1.29 is 18.3 Å². The number of carboxylic acids is 1. The molecular formula is C13H20N2O4S. The molecule has 1 aliphatic carbocycles. The highest BCUT2D eigenvalue weighted by atomic mass is 32.2. The Hall–Kier alpha value is -1.10. The fourth-order valence-electron chi connectivity index (χ4n) is 2.45. The van der Waals surface area contributed by atoms with E-state index in [2.05, 4.69) is 5.92 Å². The zero-order valence-corrected chi connectivity index (χ0v) is 12.2. The topological polar surface area (TPSA) is 77.9 Å². The second kappa shape index (κ2) is 6.12. The highest BCUT2D eigenvalue weighted by Crippen LogP contribution is 2.31. The van der Waals surface area contributed by atoms with E-state index in [9.17, 15) is 13.2 Å². The quantitative estimate of drug-likeness (QED) is 0.719. The number of terminal acetylenes is 1. The molecule has 1 saturated heterocycles. The maximum absolute atomic E-state index is 12.6. The fourth-order valence-corrected chi connectivity index (χ4v) is 4.14. The average molecular weight is 300 g/mol. The first-order chi connectivity index (χ1) is 9.45. The SMILES string of the molecule is C#CCN(CC1CC1)S(=O)(=O)N1CCCC(C(=O)O)C1. The van der Waals surface area contributed by atoms with Crippen LogP contribution in [0.2, 0.25) is 0 Å². The van der Waals surface area contributed by atoms with E-state index in [1.165, 1.54) is 8.61 Å². The lowest BCUT2D eigenvalue weighted by Crippen LogP contribution is -2.49. The number of carboxylic acid groups (broad SMARTS) is 1. The molecule has 1 saturated carbocycles. The number of aliphatic carboxylic acids is 1. The number of nitrogens with zero attached hydrogens (tertiary/aromatic N) is 2. The number of hydrogen-bond donors (Lipinski definition) is 1. The largest absolute Gasteiger partial charge is 0.481 e. The Labute approximate surface area is 119 Å². The molecule has 0 bridgehead atoms. The Morgan fingerprint density at radius 3 is 2.65 bits per heavy atom. The van der Waals surface area contributed by atoms with Gasteiger partial charge in [-0.3, -0.25) is 4.79 Å². The average Bonchev–Trinajstić information content (AvgIpc) is 3.22. The van der Waals surface area contributed by atoms with Crippen molar-refractivity contribution in [3.8, 4) is 12.3 Å². The zero-order chi connectivity index (χ0) is 14.8. The van der Waals surface area contributed by atoms with Gasteiger partial charge in [-0.15, -0.1) is 6.42 Å². The maximum Gasteiger partial charge on any atom is 0.307 e. The Balaban J connectivity index is 2.09. The van der Waals surface area contributed by atoms with Crippen molar-refractivity contribution in [1.82, 2.24) is 8.61 Å². The molecule has 1 atom stereocenters. The molecule has 112 valence electrons. The van der Waals surface area contributed by atoms with Gasteiger partial charge in [0.15, 0.2) is 0 Å². The van der Waals surface area contributed by atoms with Crippen molar-refractivity contribution in [1.29, 1.82) is 0 Å². The summed E-state index contributed by atoms with van der Waals surface area (Å²) in [6.45, 7) is 0.912. The summed E-state index contributed by atoms with van der Waals surface area (Å²) in [6, 6.07) is 0. The molecule has 0 aromatic carbocycles. The molecule has 1 aliphatic heterocycles. The molecule has 0 aromatic rings. The lowest BCUT2D eigenvalue weighted by Gasteiger charge is -2.33. The van der Waals surface area contributed by atoms with Crippen molar-refractivity contribution in [2.24, 2.45) is 11.8 Å². The van der Waals surface area contributed by atoms with Crippen LogP contribution in [0.25, 0.3) is 0 Å². The van der Waals surface area contributed by atoms with Gasteiger partial charge in [0, 0.05) is 19.6 Å². The van der Waals surface area contributed by atoms with Gasteiger partial charge in [0.25, 0.3) is 10.2 Å². The summed E-state index contributed by atoms with van der Waals surface area (Å²) in [5.41, 5.74) is 0. The first kappa shape index (κ1) is 15.3. The third-order valence-corrected chi connectivity index (χ3v) is 5.73. The minimum atomic E-state index is -3.65. The predicted molar refractivity (Wildman–Crippen MR) is 74.0 cm³/mol. The lowest BCUT2D eigenvalue weighted by molar-refractivity contribution is -0.142. The van der Waals surface area contributed by atoms with Gasteiger partial charge in [-0.2, -0.15) is 17.0 Å². The minimum absolute atomic E-state index is 0.0450. The number of rotatable bonds is 6. The molecule has 20 heavy (non-hydrogen) atoms. The minimum Gasteiger partial charge on any atom is -0.481 e. The Kier molecular flexibility index (Phi) is 4.68. The van der Waals surface area contributed by atoms with Gasteiger partial charge < -0.3 is 5.11 Å². The summed E-state index contributed by atoms with van der Waals surface area (Å²) in [5.74, 6) is 1.23. The van der Waals surface area contributed by atoms with Crippen LogP contribution in [0.3, 0.4) is 0 Å². The molecule has 0 spiro atoms. The molecule has 0 amide bonds. The Bertz CT molecular complexity index is 507. The van der Waals surface area contributed by atoms with E-state index in [0.29, 0.717) is 31.8 Å². The Morgan fingerprint density at radius 2 is 2.10 bits per heavy atom. The lowest BCUT2D eigenvalue weighted by atomic mass is 10.0. The van der Waals surface area contributed by atoms with Crippen molar-refractivity contribution in [2.45, 2.75) is 25.7 Å². The first-order valence-corrected chi connectivity index (χ1v) is 8.26. The van der Waals surface area contributed by atoms with Crippen molar-refractivity contribution in [2.75, 3.05) is 26.2 Å². The molecule has 1 N–H and O–H groups in total. The smallest absolute Gasteiger partial charge is 0.307 e. The van der Waals surface area contributed by atoms with Crippen LogP contribution in [-0.4, -0.2) is 54.3 Å². The molecule has 6 nitrogen and oxygen atoms in total. The van der Waals surface area contributed by atoms with E-state index < -0.39 is 22.1 Å². The summed E-state index contributed by atoms with van der Waals surface area (Å²) in [7, 11) is -3.65. The van der Waals surface area contributed by atoms with Crippen LogP contribution in [0.1, 0.15) is 25.7 Å². The van der Waals surface area contributed by atoms with E-state index >= 15 is 0 Å². The number of piperidine rings is 1. The third kappa shape index (κ3) is 3.51. The summed E-state index contributed by atoms with van der Waals surface area (Å²) >= 11 is 0. The molecule has 2 fully saturated rings. The van der Waals surface area contributed by atoms with Gasteiger partial charge in [-0.1, -0.05) is 5.92 Å². The molecule has 1 heterocycles. The second-order valence-corrected chi connectivity index (χ2v) is 7.41. The molecule has 2 aliphatic rings. The van der Waals surface area contributed by atoms with Crippen molar-refractivity contribution in [3.05, 3.63) is 0 Å². The highest BCUT2D eigenvalue weighted by molar-refractivity contribution is 7.86. The highest BCUT2D eigenvalue weighted by Gasteiger charge is 2.37. The van der Waals surface area contributed by atoms with Crippen LogP contribution >= 0.6 is 0 Å². The zero-order valence-electron chi connectivity index (χ0n) is 11.4. The fraction of sp³-hybridized carbons (Fsp3) is 0.769. The van der Waals surface area contributed by atoms with Gasteiger partial charge in [0.1, 0.15) is 0 Å². The van der Waals surface area contributed by atoms with E-state index in [0.717, 1.165) is 12.8 Å². The maximum atomic E-state index is 12.6. The van der Waals surface area contributed by atoms with Gasteiger partial charge in [0.05, 0.1) is 12.5 Å². The van der Waals surface area contributed by atoms with Crippen LogP contribution in [0.15, 0.2) is 0 Å². The molecule has 0 radical (unpaired) electrons. The first-order valence-electron chi connectivity index (χ1n) is 6.86. The van der Waals surface area contributed by atoms with Crippen LogP contribution < -0.4 is 0 Å². The number of carbonyl (C=O) groups is 1. The Morgan fingerprint density at radius 1 is 1.40 bits per heavy atom. The van der Waals surface area contributed by atoms with E-state index in [1.54, 1.807) is 0 Å². The summed E-state index contributed by atoms with van der Waals surface area (Å²) < 4.78 is 27.7. The normalized spacial score (nSPS) is 24.5. The van der Waals surface area contributed by atoms with Crippen LogP contribution in [0, 0.1) is 24.2 Å². The van der Waals surface area contributed by atoms with E-state index in [1.807, 2.05) is 0 Å². The standard InChI is InChI=1S/C13H20N2O4S/c1-2-7-14(9-11-5-6-11)20(18,19)15-8-3-4-12(10-15)13(16)17/h1,11-12H,3-10H2,(H,16,17). The second-order valence-electron chi connectivity index (χ2n) is 5.48. The molecular weight excluding hydrogens is 280 g/mol. The van der Waals surface area contributed by atoms with E-state index in [-0.39, 0.29) is 13.1 Å². The van der Waals surface area contributed by atoms with Gasteiger partial charge in [0.2, 0.25) is 0 Å². The summed E-state index contributed by atoms with van der Waals surface area (Å²) in [5, 5.41) is 9.05. The van der Waals surface area contributed by atoms with Gasteiger partial charge in [-0.05, 0) is 31.6 Å². The number of hydrogen-bond acceptors (Lipinski definition) is 3. The molecule has 0 aromatic heterocycles. The third-order valence-electron chi connectivity index (χ3n) is 3.81. The predicted octanol–water partition coefficient (Wildman–Crippen LogP) is 0.373. The monoisotopic (exact) mass is 300 g/mol. The summed E-state index contributed by atoms with van der Waals surface area (Å²) in [4.78, 5) is 11.0. The van der Waals surface area contributed by atoms with Crippen LogP contribution in [0.4, 0.5) is 0 Å². The summed E-state index contributed by atoms with van der Waals surface area (Å²) in [6.07, 6.45) is 8.43. The molecule has 7 heteroatoms. The van der Waals surface area contributed by atoms with E-state index in [4.69, 9.17) is 11.5 Å². The molecule has 1 unspecified atom stereocenters. The molecule has 2 rings (SSSR count). The van der Waals surface area contributed by atoms with Crippen molar-refractivity contribution >= 4 is 16.2 Å². The van der Waals surface area contributed by atoms with Gasteiger partial charge in [-0.25, -0.2) is 0 Å².